The molecule has 0 aliphatic carbocycles. The topological polar surface area (TPSA) is 146 Å². The molecule has 2 heterocycles. The second kappa shape index (κ2) is 4.37. The first kappa shape index (κ1) is 11.3. The fraction of sp³-hybridized carbons (Fsp3) is 0.500. The van der Waals surface area contributed by atoms with Gasteiger partial charge >= 0.3 is 6.09 Å². The number of carboxylic acid groups (broad SMARTS) is 1. The van der Waals surface area contributed by atoms with Crippen molar-refractivity contribution in [3.63, 3.8) is 0 Å². The summed E-state index contributed by atoms with van der Waals surface area (Å²) in [6.45, 7) is 0. The number of aromatic amines is 1. The molecule has 3 atom stereocenters. The number of nitrogens with two attached hydrogens (primary N) is 1. The predicted octanol–water partition coefficient (Wildman–Crippen LogP) is -1.67. The number of hydrogen-bond donors (Lipinski definition) is 5. The van der Waals surface area contributed by atoms with Gasteiger partial charge in [-0.15, -0.1) is 0 Å². The molecule has 2 rings (SSSR count). The molecule has 9 nitrogen and oxygen atoms in total. The van der Waals surface area contributed by atoms with Crippen LogP contribution in [-0.2, 0) is 4.79 Å². The third-order valence-corrected chi connectivity index (χ3v) is 2.64. The van der Waals surface area contributed by atoms with Gasteiger partial charge in [-0.25, -0.2) is 4.79 Å². The Bertz CT molecular complexity index is 419. The lowest BCUT2D eigenvalue weighted by Gasteiger charge is -2.35. The van der Waals surface area contributed by atoms with Gasteiger partial charge in [0.25, 0.3) is 0 Å². The van der Waals surface area contributed by atoms with Crippen LogP contribution < -0.4 is 16.4 Å². The molecule has 92 valence electrons. The van der Waals surface area contributed by atoms with Crippen molar-refractivity contribution in [1.82, 2.24) is 26.0 Å². The average molecular weight is 240 g/mol. The van der Waals surface area contributed by atoms with Gasteiger partial charge in [-0.2, -0.15) is 15.4 Å². The normalized spacial score (nSPS) is 24.6. The zero-order valence-electron chi connectivity index (χ0n) is 8.75. The van der Waals surface area contributed by atoms with Crippen molar-refractivity contribution < 1.29 is 14.7 Å². The number of aromatic nitrogens is 3. The van der Waals surface area contributed by atoms with Crippen LogP contribution in [0.3, 0.4) is 0 Å². The fourth-order valence-electron chi connectivity index (χ4n) is 1.70. The van der Waals surface area contributed by atoms with Gasteiger partial charge in [0.05, 0.1) is 18.3 Å². The molecule has 0 aromatic carbocycles. The van der Waals surface area contributed by atoms with Gasteiger partial charge in [-0.1, -0.05) is 0 Å². The number of rotatable bonds is 4. The largest absolute Gasteiger partial charge is 0.465 e. The van der Waals surface area contributed by atoms with E-state index in [1.165, 1.54) is 6.20 Å². The highest BCUT2D eigenvalue weighted by Crippen LogP contribution is 2.20. The van der Waals surface area contributed by atoms with E-state index < -0.39 is 18.2 Å². The third kappa shape index (κ3) is 2.33. The van der Waals surface area contributed by atoms with Gasteiger partial charge in [0.15, 0.2) is 0 Å². The molecule has 1 fully saturated rings. The maximum absolute atomic E-state index is 10.9. The van der Waals surface area contributed by atoms with E-state index >= 15 is 0 Å². The van der Waals surface area contributed by atoms with E-state index in [1.54, 1.807) is 0 Å². The van der Waals surface area contributed by atoms with E-state index in [0.717, 1.165) is 0 Å². The minimum absolute atomic E-state index is 0.232. The average Bonchev–Trinajstić information content (AvgIpc) is 2.79. The summed E-state index contributed by atoms with van der Waals surface area (Å²) in [5.41, 5.74) is 6.03. The quantitative estimate of drug-likeness (QED) is 0.397. The molecule has 0 spiro atoms. The summed E-state index contributed by atoms with van der Waals surface area (Å²) in [5.74, 6) is -0.232. The minimum atomic E-state index is -1.17. The second-order valence-electron chi connectivity index (χ2n) is 3.77. The molecule has 0 bridgehead atoms. The lowest BCUT2D eigenvalue weighted by molar-refractivity contribution is -0.130. The van der Waals surface area contributed by atoms with Gasteiger partial charge in [-0.3, -0.25) is 4.79 Å². The molecule has 0 radical (unpaired) electrons. The van der Waals surface area contributed by atoms with E-state index in [2.05, 4.69) is 26.0 Å². The Morgan fingerprint density at radius 1 is 1.71 bits per heavy atom. The van der Waals surface area contributed by atoms with Crippen LogP contribution in [0, 0.1) is 0 Å². The minimum Gasteiger partial charge on any atom is -0.465 e. The Balaban J connectivity index is 2.01. The molecular formula is C8H12N6O3. The summed E-state index contributed by atoms with van der Waals surface area (Å²) < 4.78 is 0. The van der Waals surface area contributed by atoms with Crippen LogP contribution in [0.15, 0.2) is 6.20 Å². The molecule has 9 heteroatoms. The van der Waals surface area contributed by atoms with Gasteiger partial charge in [0, 0.05) is 0 Å². The molecular weight excluding hydrogens is 228 g/mol. The number of H-pyrrole nitrogens is 1. The van der Waals surface area contributed by atoms with E-state index in [-0.39, 0.29) is 11.9 Å². The van der Waals surface area contributed by atoms with Crippen LogP contribution in [-0.4, -0.2) is 44.6 Å². The Labute approximate surface area is 95.8 Å². The zero-order chi connectivity index (χ0) is 12.4. The molecule has 1 aliphatic heterocycles. The number of hydrogen-bond acceptors (Lipinski definition) is 5. The Morgan fingerprint density at radius 2 is 2.47 bits per heavy atom. The molecule has 0 saturated carbocycles. The lowest BCUT2D eigenvalue weighted by Crippen LogP contribution is -2.67. The number of β-lactam (4-membered cyclic amide) rings is 1. The summed E-state index contributed by atoms with van der Waals surface area (Å²) in [5, 5.41) is 23.4. The van der Waals surface area contributed by atoms with Crippen molar-refractivity contribution >= 4 is 12.0 Å². The van der Waals surface area contributed by atoms with Crippen LogP contribution in [0.25, 0.3) is 0 Å². The van der Waals surface area contributed by atoms with E-state index in [4.69, 9.17) is 10.8 Å². The van der Waals surface area contributed by atoms with Crippen molar-refractivity contribution in [2.24, 2.45) is 5.73 Å². The van der Waals surface area contributed by atoms with Crippen LogP contribution >= 0.6 is 0 Å². The lowest BCUT2D eigenvalue weighted by atomic mass is 9.92. The van der Waals surface area contributed by atoms with Crippen molar-refractivity contribution in [3.05, 3.63) is 11.9 Å². The number of carbonyl (C=O) groups is 2. The van der Waals surface area contributed by atoms with Crippen molar-refractivity contribution in [1.29, 1.82) is 0 Å². The molecule has 1 aromatic heterocycles. The van der Waals surface area contributed by atoms with Gasteiger partial charge in [0.1, 0.15) is 11.7 Å². The van der Waals surface area contributed by atoms with Crippen molar-refractivity contribution in [3.8, 4) is 0 Å². The smallest absolute Gasteiger partial charge is 0.405 e. The Morgan fingerprint density at radius 3 is 2.94 bits per heavy atom. The highest BCUT2D eigenvalue weighted by Gasteiger charge is 2.38. The summed E-state index contributed by atoms with van der Waals surface area (Å²) in [6, 6.07) is -1.40. The number of amides is 2. The summed E-state index contributed by atoms with van der Waals surface area (Å²) in [7, 11) is 0. The summed E-state index contributed by atoms with van der Waals surface area (Å²) >= 11 is 0. The van der Waals surface area contributed by atoms with E-state index in [0.29, 0.717) is 12.1 Å². The van der Waals surface area contributed by atoms with Gasteiger partial charge in [-0.05, 0) is 6.42 Å². The molecule has 1 saturated heterocycles. The van der Waals surface area contributed by atoms with E-state index in [1.807, 2.05) is 0 Å². The van der Waals surface area contributed by atoms with Gasteiger partial charge < -0.3 is 21.5 Å². The maximum atomic E-state index is 10.9. The van der Waals surface area contributed by atoms with Crippen LogP contribution in [0.2, 0.25) is 0 Å². The second-order valence-corrected chi connectivity index (χ2v) is 3.77. The molecule has 6 N–H and O–H groups in total. The summed E-state index contributed by atoms with van der Waals surface area (Å²) in [6.07, 6.45) is 0.593. The monoisotopic (exact) mass is 240 g/mol. The fourth-order valence-corrected chi connectivity index (χ4v) is 1.70. The van der Waals surface area contributed by atoms with Gasteiger partial charge in [0.2, 0.25) is 5.91 Å². The Kier molecular flexibility index (Phi) is 2.91. The van der Waals surface area contributed by atoms with Crippen LogP contribution in [0.4, 0.5) is 4.79 Å². The SMILES string of the molecule is N[C@@H]1C(=O)N[C@@H]1CC(NC(=O)O)c1cn[nH]n1. The number of nitrogens with zero attached hydrogens (tertiary/aromatic N) is 2. The Hall–Kier alpha value is -2.16. The van der Waals surface area contributed by atoms with E-state index in [9.17, 15) is 9.59 Å². The van der Waals surface area contributed by atoms with Crippen LogP contribution in [0.1, 0.15) is 18.2 Å². The highest BCUT2D eigenvalue weighted by molar-refractivity contribution is 5.88. The van der Waals surface area contributed by atoms with Crippen molar-refractivity contribution in [2.75, 3.05) is 0 Å². The molecule has 1 aromatic rings. The van der Waals surface area contributed by atoms with Crippen molar-refractivity contribution in [2.45, 2.75) is 24.5 Å². The standard InChI is InChI=1S/C8H12N6O3/c9-6-4(11-7(6)15)1-3(12-8(16)17)5-2-10-14-13-5/h2-4,6,12H,1,9H2,(H,11,15)(H,16,17)(H,10,13,14)/t3?,4-,6+/m1/s1. The zero-order valence-corrected chi connectivity index (χ0v) is 8.75. The molecule has 1 unspecified atom stereocenters. The number of carbonyl (C=O) groups excluding carboxylic acids is 1. The van der Waals surface area contributed by atoms with Crippen LogP contribution in [0.5, 0.6) is 0 Å². The highest BCUT2D eigenvalue weighted by atomic mass is 16.4. The first-order valence-corrected chi connectivity index (χ1v) is 4.99. The first-order chi connectivity index (χ1) is 8.08. The molecule has 2 amide bonds. The molecule has 1 aliphatic rings. The molecule has 17 heavy (non-hydrogen) atoms. The first-order valence-electron chi connectivity index (χ1n) is 4.99. The number of nitrogens with one attached hydrogen (secondary N) is 3. The maximum Gasteiger partial charge on any atom is 0.405 e. The summed E-state index contributed by atoms with van der Waals surface area (Å²) in [4.78, 5) is 21.6. The third-order valence-electron chi connectivity index (χ3n) is 2.64. The predicted molar refractivity (Wildman–Crippen MR) is 54.8 cm³/mol.